The highest BCUT2D eigenvalue weighted by Crippen LogP contribution is 2.30. The average molecular weight is 287 g/mol. The number of nitrogens with zero attached hydrogens (tertiary/aromatic N) is 1. The zero-order valence-electron chi connectivity index (χ0n) is 11.6. The molecule has 5 nitrogen and oxygen atoms in total. The molecule has 110 valence electrons. The summed E-state index contributed by atoms with van der Waals surface area (Å²) in [5.41, 5.74) is 1.46. The molecule has 21 heavy (non-hydrogen) atoms. The molecule has 0 saturated heterocycles. The summed E-state index contributed by atoms with van der Waals surface area (Å²) in [6, 6.07) is 11.0. The number of aromatic nitrogens is 1. The van der Waals surface area contributed by atoms with Gasteiger partial charge in [-0.3, -0.25) is 4.79 Å². The van der Waals surface area contributed by atoms with E-state index in [0.29, 0.717) is 25.3 Å². The van der Waals surface area contributed by atoms with Gasteiger partial charge in [0.1, 0.15) is 0 Å². The third kappa shape index (κ3) is 2.84. The van der Waals surface area contributed by atoms with Crippen LogP contribution in [-0.2, 0) is 17.9 Å². The van der Waals surface area contributed by atoms with Crippen LogP contribution >= 0.6 is 0 Å². The molecule has 1 N–H and O–H groups in total. The van der Waals surface area contributed by atoms with E-state index in [-0.39, 0.29) is 12.0 Å². The third-order valence-corrected chi connectivity index (χ3v) is 3.46. The topological polar surface area (TPSA) is 60.7 Å². The maximum atomic E-state index is 12.0. The molecule has 5 heteroatoms. The number of rotatable bonds is 4. The van der Waals surface area contributed by atoms with Crippen molar-refractivity contribution < 1.29 is 14.6 Å². The third-order valence-electron chi connectivity index (χ3n) is 3.46. The van der Waals surface area contributed by atoms with Gasteiger partial charge in [-0.1, -0.05) is 30.3 Å². The van der Waals surface area contributed by atoms with Crippen molar-refractivity contribution in [3.05, 3.63) is 64.1 Å². The molecule has 0 fully saturated rings. The van der Waals surface area contributed by atoms with E-state index in [2.05, 4.69) is 0 Å². The number of aryl methyl sites for hydroxylation is 1. The summed E-state index contributed by atoms with van der Waals surface area (Å²) in [6.07, 6.45) is 1.78. The van der Waals surface area contributed by atoms with Gasteiger partial charge in [0.25, 0.3) is 0 Å². The van der Waals surface area contributed by atoms with Crippen LogP contribution in [0.4, 0.5) is 0 Å². The highest BCUT2D eigenvalue weighted by Gasteiger charge is 2.25. The Labute approximate surface area is 122 Å². The van der Waals surface area contributed by atoms with Gasteiger partial charge in [0, 0.05) is 31.0 Å². The van der Waals surface area contributed by atoms with Crippen molar-refractivity contribution in [3.63, 3.8) is 0 Å². The molecule has 0 aliphatic carbocycles. The lowest BCUT2D eigenvalue weighted by Crippen LogP contribution is -2.26. The summed E-state index contributed by atoms with van der Waals surface area (Å²) in [6.45, 7) is 1.05. The van der Waals surface area contributed by atoms with Gasteiger partial charge in [0.2, 0.25) is 11.7 Å². The minimum atomic E-state index is -0.555. The van der Waals surface area contributed by atoms with Crippen LogP contribution in [0.2, 0.25) is 0 Å². The Morgan fingerprint density at radius 3 is 2.81 bits per heavy atom. The Morgan fingerprint density at radius 2 is 2.05 bits per heavy atom. The largest absolute Gasteiger partial charge is 0.455 e. The first kappa shape index (κ1) is 13.9. The molecule has 0 saturated carbocycles. The fourth-order valence-corrected chi connectivity index (χ4v) is 2.39. The number of pyridine rings is 1. The molecule has 1 aromatic heterocycles. The Bertz CT molecular complexity index is 666. The Balaban J connectivity index is 1.90. The van der Waals surface area contributed by atoms with Crippen LogP contribution in [-0.4, -0.2) is 16.3 Å². The molecule has 0 unspecified atom stereocenters. The van der Waals surface area contributed by atoms with Gasteiger partial charge in [-0.15, -0.1) is 0 Å². The molecular weight excluding hydrogens is 270 g/mol. The lowest BCUT2D eigenvalue weighted by atomic mass is 10.2. The second-order valence-corrected chi connectivity index (χ2v) is 4.90. The van der Waals surface area contributed by atoms with Gasteiger partial charge in [-0.2, -0.15) is 0 Å². The molecule has 1 atom stereocenters. The Kier molecular flexibility index (Phi) is 4.03. The van der Waals surface area contributed by atoms with Crippen molar-refractivity contribution in [1.29, 1.82) is 0 Å². The van der Waals surface area contributed by atoms with Crippen molar-refractivity contribution in [2.75, 3.05) is 6.61 Å². The molecule has 3 rings (SSSR count). The summed E-state index contributed by atoms with van der Waals surface area (Å²) in [4.78, 5) is 12.0. The summed E-state index contributed by atoms with van der Waals surface area (Å²) in [5.74, 6) is 0.343. The highest BCUT2D eigenvalue weighted by molar-refractivity contribution is 5.31. The second kappa shape index (κ2) is 6.11. The van der Waals surface area contributed by atoms with Crippen LogP contribution in [0.3, 0.4) is 0 Å². The van der Waals surface area contributed by atoms with E-state index in [1.165, 1.54) is 6.07 Å². The minimum Gasteiger partial charge on any atom is -0.455 e. The van der Waals surface area contributed by atoms with Gasteiger partial charge >= 0.3 is 0 Å². The van der Waals surface area contributed by atoms with Crippen LogP contribution < -0.4 is 10.2 Å². The minimum absolute atomic E-state index is 0.106. The first-order chi connectivity index (χ1) is 10.3. The molecule has 0 amide bonds. The number of hydrogen-bond donors (Lipinski definition) is 1. The van der Waals surface area contributed by atoms with E-state index in [4.69, 9.17) is 14.6 Å². The van der Waals surface area contributed by atoms with Crippen molar-refractivity contribution >= 4 is 0 Å². The number of aliphatic hydroxyl groups is 1. The van der Waals surface area contributed by atoms with E-state index in [1.54, 1.807) is 6.20 Å². The predicted octanol–water partition coefficient (Wildman–Crippen LogP) is 1.84. The van der Waals surface area contributed by atoms with Gasteiger partial charge in [0.05, 0.1) is 12.3 Å². The monoisotopic (exact) mass is 287 g/mol. The lowest BCUT2D eigenvalue weighted by Gasteiger charge is -2.28. The van der Waals surface area contributed by atoms with Crippen molar-refractivity contribution in [1.82, 2.24) is 4.57 Å². The van der Waals surface area contributed by atoms with Crippen LogP contribution in [0.15, 0.2) is 47.4 Å². The smallest absolute Gasteiger partial charge is 0.227 e. The molecule has 1 aliphatic heterocycles. The van der Waals surface area contributed by atoms with E-state index < -0.39 is 6.29 Å². The first-order valence-corrected chi connectivity index (χ1v) is 6.96. The van der Waals surface area contributed by atoms with E-state index in [9.17, 15) is 4.79 Å². The first-order valence-electron chi connectivity index (χ1n) is 6.96. The summed E-state index contributed by atoms with van der Waals surface area (Å²) in [5, 5.41) is 8.94. The number of benzene rings is 1. The van der Waals surface area contributed by atoms with Gasteiger partial charge < -0.3 is 19.1 Å². The molecule has 0 spiro atoms. The van der Waals surface area contributed by atoms with Crippen LogP contribution in [0.1, 0.15) is 24.0 Å². The van der Waals surface area contributed by atoms with Crippen molar-refractivity contribution in [3.8, 4) is 5.75 Å². The maximum absolute atomic E-state index is 12.0. The standard InChI is InChI=1S/C16H17NO4/c18-10-4-8-17-9-7-14(19)15-13(17)11-20-16(21-15)12-5-2-1-3-6-12/h1-3,5-7,9,16,18H,4,8,10-11H2/t16-/m0/s1. The fourth-order valence-electron chi connectivity index (χ4n) is 2.39. The zero-order valence-corrected chi connectivity index (χ0v) is 11.6. The second-order valence-electron chi connectivity index (χ2n) is 4.90. The summed E-state index contributed by atoms with van der Waals surface area (Å²) >= 11 is 0. The Hall–Kier alpha value is -2.11. The van der Waals surface area contributed by atoms with Crippen LogP contribution in [0.25, 0.3) is 0 Å². The Morgan fingerprint density at radius 1 is 1.24 bits per heavy atom. The van der Waals surface area contributed by atoms with Gasteiger partial charge in [0.15, 0.2) is 5.75 Å². The molecular formula is C16H17NO4. The average Bonchev–Trinajstić information content (AvgIpc) is 2.55. The quantitative estimate of drug-likeness (QED) is 0.932. The number of ether oxygens (including phenoxy) is 2. The SMILES string of the molecule is O=c1ccn(CCCO)c2c1O[C@@H](c1ccccc1)OC2. The highest BCUT2D eigenvalue weighted by atomic mass is 16.7. The van der Waals surface area contributed by atoms with Crippen molar-refractivity contribution in [2.45, 2.75) is 25.9 Å². The fraction of sp³-hybridized carbons (Fsp3) is 0.312. The van der Waals surface area contributed by atoms with Crippen LogP contribution in [0.5, 0.6) is 5.75 Å². The molecule has 0 bridgehead atoms. The number of fused-ring (bicyclic) bond motifs is 1. The summed E-state index contributed by atoms with van der Waals surface area (Å²) < 4.78 is 13.4. The number of hydrogen-bond acceptors (Lipinski definition) is 4. The van der Waals surface area contributed by atoms with E-state index >= 15 is 0 Å². The zero-order chi connectivity index (χ0) is 14.7. The molecule has 1 aromatic carbocycles. The van der Waals surface area contributed by atoms with E-state index in [1.807, 2.05) is 34.9 Å². The summed E-state index contributed by atoms with van der Waals surface area (Å²) in [7, 11) is 0. The maximum Gasteiger partial charge on any atom is 0.227 e. The molecule has 1 aliphatic rings. The number of aliphatic hydroxyl groups excluding tert-OH is 1. The van der Waals surface area contributed by atoms with Crippen molar-refractivity contribution in [2.24, 2.45) is 0 Å². The molecule has 0 radical (unpaired) electrons. The van der Waals surface area contributed by atoms with Gasteiger partial charge in [-0.05, 0) is 6.42 Å². The van der Waals surface area contributed by atoms with Gasteiger partial charge in [-0.25, -0.2) is 0 Å². The molecule has 2 aromatic rings. The predicted molar refractivity (Wildman–Crippen MR) is 77.0 cm³/mol. The molecule has 2 heterocycles. The lowest BCUT2D eigenvalue weighted by molar-refractivity contribution is -0.115. The van der Waals surface area contributed by atoms with E-state index in [0.717, 1.165) is 11.3 Å². The normalized spacial score (nSPS) is 17.1. The van der Waals surface area contributed by atoms with Crippen LogP contribution in [0, 0.1) is 0 Å².